The number of benzene rings is 1. The van der Waals surface area contributed by atoms with E-state index in [2.05, 4.69) is 0 Å². The molecule has 0 radical (unpaired) electrons. The Hall–Kier alpha value is -1.71. The van der Waals surface area contributed by atoms with Gasteiger partial charge in [0.25, 0.3) is 5.91 Å². The average Bonchev–Trinajstić information content (AvgIpc) is 2.33. The molecule has 0 aliphatic carbocycles. The smallest absolute Gasteiger partial charge is 0.268 e. The lowest BCUT2D eigenvalue weighted by molar-refractivity contribution is 0.0969. The van der Waals surface area contributed by atoms with Crippen molar-refractivity contribution in [2.45, 2.75) is 19.1 Å². The van der Waals surface area contributed by atoms with Crippen molar-refractivity contribution in [3.8, 4) is 0 Å². The lowest BCUT2D eigenvalue weighted by atomic mass is 10.1. The summed E-state index contributed by atoms with van der Waals surface area (Å²) in [6, 6.07) is 0. The van der Waals surface area contributed by atoms with Crippen LogP contribution in [0.15, 0.2) is 0 Å². The zero-order valence-electron chi connectivity index (χ0n) is 10.1. The minimum absolute atomic E-state index is 1.15. The molecule has 112 valence electrons. The Labute approximate surface area is 110 Å². The Morgan fingerprint density at radius 3 is 1.60 bits per heavy atom. The summed E-state index contributed by atoms with van der Waals surface area (Å²) in [5.41, 5.74) is -1.86. The maximum atomic E-state index is 13.3. The highest BCUT2D eigenvalue weighted by atomic mass is 32.2. The third kappa shape index (κ3) is 2.74. The molecule has 4 nitrogen and oxygen atoms in total. The third-order valence-corrected chi connectivity index (χ3v) is 4.00. The van der Waals surface area contributed by atoms with Crippen molar-refractivity contribution in [2.24, 2.45) is 0 Å². The normalized spacial score (nSPS) is 11.8. The fraction of sp³-hybridized carbons (Fsp3) is 0.300. The van der Waals surface area contributed by atoms with Gasteiger partial charge in [0.1, 0.15) is 5.56 Å². The molecule has 0 unspecified atom stereocenters. The van der Waals surface area contributed by atoms with Crippen LogP contribution in [-0.2, 0) is 10.0 Å². The molecule has 1 amide bonds. The number of hydrogen-bond donors (Lipinski definition) is 1. The van der Waals surface area contributed by atoms with Crippen LogP contribution in [0.25, 0.3) is 0 Å². The first-order valence-electron chi connectivity index (χ1n) is 5.08. The van der Waals surface area contributed by atoms with Crippen molar-refractivity contribution >= 4 is 15.9 Å². The number of sulfonamides is 1. The lowest BCUT2D eigenvalue weighted by Gasteiger charge is -2.11. The van der Waals surface area contributed by atoms with Crippen LogP contribution in [0.2, 0.25) is 0 Å². The minimum atomic E-state index is -4.29. The van der Waals surface area contributed by atoms with Gasteiger partial charge in [0.15, 0.2) is 23.3 Å². The van der Waals surface area contributed by atoms with E-state index in [1.165, 1.54) is 4.72 Å². The largest absolute Gasteiger partial charge is 0.270 e. The van der Waals surface area contributed by atoms with E-state index >= 15 is 0 Å². The highest BCUT2D eigenvalue weighted by Crippen LogP contribution is 2.23. The van der Waals surface area contributed by atoms with Crippen LogP contribution in [0.3, 0.4) is 0 Å². The second kappa shape index (κ2) is 5.35. The first-order chi connectivity index (χ1) is 9.00. The second-order valence-electron chi connectivity index (χ2n) is 3.97. The summed E-state index contributed by atoms with van der Waals surface area (Å²) >= 11 is 0. The Morgan fingerprint density at radius 2 is 1.25 bits per heavy atom. The summed E-state index contributed by atoms with van der Waals surface area (Å²) in [7, 11) is -4.29. The number of rotatable bonds is 3. The third-order valence-electron chi connectivity index (χ3n) is 2.29. The standard InChI is InChI=1S/C10H8F5NO3S/c1-3(2)20(18,19)16-10(17)4-5(11)7(13)9(15)8(14)6(4)12/h3H,1-2H3,(H,16,17). The number of halogens is 5. The molecule has 20 heavy (non-hydrogen) atoms. The van der Waals surface area contributed by atoms with Gasteiger partial charge in [-0.25, -0.2) is 35.1 Å². The molecule has 0 saturated carbocycles. The molecular weight excluding hydrogens is 309 g/mol. The Balaban J connectivity index is 3.39. The maximum Gasteiger partial charge on any atom is 0.270 e. The topological polar surface area (TPSA) is 63.2 Å². The second-order valence-corrected chi connectivity index (χ2v) is 6.21. The fourth-order valence-electron chi connectivity index (χ4n) is 1.10. The average molecular weight is 317 g/mol. The Morgan fingerprint density at radius 1 is 0.900 bits per heavy atom. The summed E-state index contributed by atoms with van der Waals surface area (Å²) in [4.78, 5) is 11.4. The zero-order valence-corrected chi connectivity index (χ0v) is 10.9. The Kier molecular flexibility index (Phi) is 4.37. The van der Waals surface area contributed by atoms with Crippen LogP contribution in [0.5, 0.6) is 0 Å². The van der Waals surface area contributed by atoms with Crippen LogP contribution >= 0.6 is 0 Å². The number of nitrogens with one attached hydrogen (secondary N) is 1. The predicted octanol–water partition coefficient (Wildman–Crippen LogP) is 1.85. The van der Waals surface area contributed by atoms with Gasteiger partial charge in [0.2, 0.25) is 15.8 Å². The van der Waals surface area contributed by atoms with Crippen molar-refractivity contribution < 1.29 is 35.2 Å². The van der Waals surface area contributed by atoms with Crippen LogP contribution in [0.4, 0.5) is 22.0 Å². The molecule has 0 aliphatic rings. The quantitative estimate of drug-likeness (QED) is 0.526. The molecule has 0 spiro atoms. The van der Waals surface area contributed by atoms with Gasteiger partial charge in [-0.15, -0.1) is 0 Å². The van der Waals surface area contributed by atoms with E-state index in [9.17, 15) is 35.2 Å². The van der Waals surface area contributed by atoms with E-state index in [1.807, 2.05) is 0 Å². The first-order valence-corrected chi connectivity index (χ1v) is 6.62. The summed E-state index contributed by atoms with van der Waals surface area (Å²) < 4.78 is 88.9. The van der Waals surface area contributed by atoms with Crippen LogP contribution in [0, 0.1) is 29.1 Å². The zero-order chi connectivity index (χ0) is 15.8. The summed E-state index contributed by atoms with van der Waals surface area (Å²) in [5, 5.41) is -1.15. The van der Waals surface area contributed by atoms with Crippen LogP contribution < -0.4 is 4.72 Å². The molecule has 0 atom stereocenters. The van der Waals surface area contributed by atoms with Crippen molar-refractivity contribution in [2.75, 3.05) is 0 Å². The number of hydrogen-bond acceptors (Lipinski definition) is 3. The molecule has 0 fully saturated rings. The number of carbonyl (C=O) groups excluding carboxylic acids is 1. The molecule has 1 aromatic rings. The SMILES string of the molecule is CC(C)S(=O)(=O)NC(=O)c1c(F)c(F)c(F)c(F)c1F. The maximum absolute atomic E-state index is 13.3. The van der Waals surface area contributed by atoms with Gasteiger partial charge in [-0.2, -0.15) is 0 Å². The molecular formula is C10H8F5NO3S. The molecule has 1 aromatic carbocycles. The first kappa shape index (κ1) is 16.3. The van der Waals surface area contributed by atoms with Gasteiger partial charge in [0.05, 0.1) is 5.25 Å². The van der Waals surface area contributed by atoms with Crippen molar-refractivity contribution in [3.63, 3.8) is 0 Å². The monoisotopic (exact) mass is 317 g/mol. The fourth-order valence-corrected chi connectivity index (χ4v) is 1.70. The number of carbonyl (C=O) groups is 1. The van der Waals surface area contributed by atoms with Gasteiger partial charge in [-0.1, -0.05) is 0 Å². The molecule has 10 heteroatoms. The van der Waals surface area contributed by atoms with Gasteiger partial charge in [-0.3, -0.25) is 4.79 Å². The number of amides is 1. The van der Waals surface area contributed by atoms with E-state index in [0.717, 1.165) is 13.8 Å². The van der Waals surface area contributed by atoms with E-state index < -0.39 is 55.8 Å². The summed E-state index contributed by atoms with van der Waals surface area (Å²) in [6.45, 7) is 2.29. The van der Waals surface area contributed by atoms with Crippen LogP contribution in [0.1, 0.15) is 24.2 Å². The summed E-state index contributed by atoms with van der Waals surface area (Å²) in [6.07, 6.45) is 0. The molecule has 0 heterocycles. The predicted molar refractivity (Wildman–Crippen MR) is 57.8 cm³/mol. The van der Waals surface area contributed by atoms with Crippen molar-refractivity contribution in [1.29, 1.82) is 0 Å². The molecule has 0 bridgehead atoms. The molecule has 0 aliphatic heterocycles. The van der Waals surface area contributed by atoms with E-state index in [0.29, 0.717) is 0 Å². The summed E-state index contributed by atoms with van der Waals surface area (Å²) in [5.74, 6) is -13.9. The van der Waals surface area contributed by atoms with E-state index in [1.54, 1.807) is 0 Å². The van der Waals surface area contributed by atoms with Gasteiger partial charge < -0.3 is 0 Å². The van der Waals surface area contributed by atoms with E-state index in [4.69, 9.17) is 0 Å². The highest BCUT2D eigenvalue weighted by Gasteiger charge is 2.32. The van der Waals surface area contributed by atoms with Gasteiger partial charge >= 0.3 is 0 Å². The minimum Gasteiger partial charge on any atom is -0.268 e. The van der Waals surface area contributed by atoms with Crippen molar-refractivity contribution in [3.05, 3.63) is 34.6 Å². The molecule has 1 N–H and O–H groups in total. The van der Waals surface area contributed by atoms with Gasteiger partial charge in [0, 0.05) is 0 Å². The Bertz CT molecular complexity index is 643. The highest BCUT2D eigenvalue weighted by molar-refractivity contribution is 7.90. The molecule has 0 aromatic heterocycles. The van der Waals surface area contributed by atoms with Crippen LogP contribution in [-0.4, -0.2) is 19.6 Å². The lowest BCUT2D eigenvalue weighted by Crippen LogP contribution is -2.37. The van der Waals surface area contributed by atoms with E-state index in [-0.39, 0.29) is 0 Å². The van der Waals surface area contributed by atoms with Gasteiger partial charge in [-0.05, 0) is 13.8 Å². The van der Waals surface area contributed by atoms with Crippen molar-refractivity contribution in [1.82, 2.24) is 4.72 Å². The molecule has 1 rings (SSSR count). The molecule has 0 saturated heterocycles.